The maximum absolute atomic E-state index is 11.9. The molecule has 4 nitrogen and oxygen atoms in total. The topological polar surface area (TPSA) is 64.3 Å². The maximum Gasteiger partial charge on any atom is 0.401 e. The zero-order chi connectivity index (χ0) is 12.1. The molecule has 0 bridgehead atoms. The number of amides is 1. The van der Waals surface area contributed by atoms with E-state index in [9.17, 15) is 18.0 Å². The van der Waals surface area contributed by atoms with Gasteiger partial charge in [-0.15, -0.1) is 0 Å². The molecule has 0 spiro atoms. The van der Waals surface area contributed by atoms with Crippen LogP contribution in [0.25, 0.3) is 0 Å². The van der Waals surface area contributed by atoms with E-state index in [1.807, 2.05) is 5.32 Å². The van der Waals surface area contributed by atoms with Crippen molar-refractivity contribution in [1.82, 2.24) is 5.32 Å². The first-order valence-corrected chi connectivity index (χ1v) is 4.40. The molecule has 3 N–H and O–H groups in total. The van der Waals surface area contributed by atoms with Crippen LogP contribution in [0, 0.1) is 0 Å². The summed E-state index contributed by atoms with van der Waals surface area (Å²) in [7, 11) is 0. The van der Waals surface area contributed by atoms with Gasteiger partial charge in [-0.05, 0) is 13.8 Å². The summed E-state index contributed by atoms with van der Waals surface area (Å²) in [4.78, 5) is 11.0. The molecule has 0 saturated carbocycles. The zero-order valence-electron chi connectivity index (χ0n) is 8.65. The second-order valence-electron chi connectivity index (χ2n) is 3.30. The summed E-state index contributed by atoms with van der Waals surface area (Å²) in [6, 6.07) is 0. The molecular weight excluding hydrogens is 213 g/mol. The number of primary amides is 1. The predicted octanol–water partition coefficient (Wildman–Crippen LogP) is 0.419. The number of carbonyl (C=O) groups is 1. The van der Waals surface area contributed by atoms with Gasteiger partial charge in [-0.25, -0.2) is 0 Å². The highest BCUT2D eigenvalue weighted by atomic mass is 19.4. The molecule has 0 saturated heterocycles. The van der Waals surface area contributed by atoms with E-state index in [0.29, 0.717) is 6.61 Å². The van der Waals surface area contributed by atoms with Gasteiger partial charge in [0, 0.05) is 6.61 Å². The Balaban J connectivity index is 4.32. The first-order chi connectivity index (χ1) is 6.71. The van der Waals surface area contributed by atoms with Crippen molar-refractivity contribution in [2.75, 3.05) is 19.8 Å². The fraction of sp³-hybridized carbons (Fsp3) is 0.875. The van der Waals surface area contributed by atoms with E-state index in [1.54, 1.807) is 6.92 Å². The first-order valence-electron chi connectivity index (χ1n) is 4.40. The van der Waals surface area contributed by atoms with Gasteiger partial charge in [0.15, 0.2) is 0 Å². The smallest absolute Gasteiger partial charge is 0.379 e. The molecule has 7 heteroatoms. The van der Waals surface area contributed by atoms with Crippen LogP contribution in [0.5, 0.6) is 0 Å². The third-order valence-corrected chi connectivity index (χ3v) is 1.82. The van der Waals surface area contributed by atoms with Crippen LogP contribution in [0.4, 0.5) is 13.2 Å². The lowest BCUT2D eigenvalue weighted by Crippen LogP contribution is -2.58. The van der Waals surface area contributed by atoms with Crippen molar-refractivity contribution >= 4 is 5.91 Å². The molecule has 0 aliphatic rings. The monoisotopic (exact) mass is 228 g/mol. The van der Waals surface area contributed by atoms with Crippen LogP contribution in [0.3, 0.4) is 0 Å². The van der Waals surface area contributed by atoms with Crippen LogP contribution in [0.2, 0.25) is 0 Å². The predicted molar refractivity (Wildman–Crippen MR) is 48.2 cm³/mol. The maximum atomic E-state index is 11.9. The van der Waals surface area contributed by atoms with E-state index >= 15 is 0 Å². The summed E-state index contributed by atoms with van der Waals surface area (Å²) >= 11 is 0. The molecule has 0 fully saturated rings. The molecule has 0 aliphatic carbocycles. The Labute approximate surface area is 86.0 Å². The van der Waals surface area contributed by atoms with Crippen molar-refractivity contribution in [1.29, 1.82) is 0 Å². The van der Waals surface area contributed by atoms with Gasteiger partial charge >= 0.3 is 6.18 Å². The highest BCUT2D eigenvalue weighted by molar-refractivity contribution is 5.84. The van der Waals surface area contributed by atoms with Crippen molar-refractivity contribution in [3.63, 3.8) is 0 Å². The molecule has 0 aromatic heterocycles. The number of ether oxygens (including phenoxy) is 1. The average Bonchev–Trinajstić information content (AvgIpc) is 2.10. The van der Waals surface area contributed by atoms with Crippen molar-refractivity contribution in [3.05, 3.63) is 0 Å². The van der Waals surface area contributed by atoms with E-state index in [-0.39, 0.29) is 6.61 Å². The number of nitrogens with one attached hydrogen (secondary N) is 1. The van der Waals surface area contributed by atoms with Gasteiger partial charge in [-0.3, -0.25) is 10.1 Å². The van der Waals surface area contributed by atoms with Crippen molar-refractivity contribution in [2.45, 2.75) is 25.6 Å². The SMILES string of the molecule is CCOCC(C)(NCC(F)(F)F)C(N)=O. The Bertz CT molecular complexity index is 220. The van der Waals surface area contributed by atoms with Gasteiger partial charge in [0.05, 0.1) is 13.2 Å². The molecule has 15 heavy (non-hydrogen) atoms. The summed E-state index contributed by atoms with van der Waals surface area (Å²) in [5.41, 5.74) is 3.50. The molecule has 0 radical (unpaired) electrons. The fourth-order valence-corrected chi connectivity index (χ4v) is 0.811. The summed E-state index contributed by atoms with van der Waals surface area (Å²) in [5.74, 6) is -0.875. The van der Waals surface area contributed by atoms with Crippen molar-refractivity contribution < 1.29 is 22.7 Å². The minimum atomic E-state index is -4.39. The Hall–Kier alpha value is -0.820. The number of hydrogen-bond donors (Lipinski definition) is 2. The molecule has 1 amide bonds. The quantitative estimate of drug-likeness (QED) is 0.692. The molecular formula is C8H15F3N2O2. The second-order valence-corrected chi connectivity index (χ2v) is 3.30. The molecule has 0 aromatic rings. The molecule has 1 unspecified atom stereocenters. The fourth-order valence-electron chi connectivity index (χ4n) is 0.811. The number of halogens is 3. The second kappa shape index (κ2) is 5.32. The minimum absolute atomic E-state index is 0.186. The Kier molecular flexibility index (Phi) is 5.02. The number of carbonyl (C=O) groups excluding carboxylic acids is 1. The van der Waals surface area contributed by atoms with Crippen LogP contribution < -0.4 is 11.1 Å². The lowest BCUT2D eigenvalue weighted by molar-refractivity contribution is -0.138. The van der Waals surface area contributed by atoms with Crippen LogP contribution in [0.15, 0.2) is 0 Å². The average molecular weight is 228 g/mol. The van der Waals surface area contributed by atoms with E-state index in [4.69, 9.17) is 10.5 Å². The van der Waals surface area contributed by atoms with Crippen LogP contribution in [-0.4, -0.2) is 37.4 Å². The van der Waals surface area contributed by atoms with Gasteiger partial charge in [0.2, 0.25) is 5.91 Å². The van der Waals surface area contributed by atoms with Crippen LogP contribution >= 0.6 is 0 Å². The Morgan fingerprint density at radius 3 is 2.33 bits per heavy atom. The molecule has 0 aromatic carbocycles. The van der Waals surface area contributed by atoms with Gasteiger partial charge < -0.3 is 10.5 Å². The first kappa shape index (κ1) is 14.2. The van der Waals surface area contributed by atoms with Gasteiger partial charge in [0.25, 0.3) is 0 Å². The third-order valence-electron chi connectivity index (χ3n) is 1.82. The van der Waals surface area contributed by atoms with E-state index in [0.717, 1.165) is 0 Å². The van der Waals surface area contributed by atoms with Crippen molar-refractivity contribution in [3.8, 4) is 0 Å². The van der Waals surface area contributed by atoms with E-state index < -0.39 is 24.2 Å². The summed E-state index contributed by atoms with van der Waals surface area (Å²) in [5, 5.41) is 2.05. The molecule has 0 aliphatic heterocycles. The minimum Gasteiger partial charge on any atom is -0.379 e. The molecule has 0 heterocycles. The Morgan fingerprint density at radius 2 is 2.00 bits per heavy atom. The highest BCUT2D eigenvalue weighted by Gasteiger charge is 2.36. The lowest BCUT2D eigenvalue weighted by atomic mass is 10.0. The number of rotatable bonds is 6. The Morgan fingerprint density at radius 1 is 1.47 bits per heavy atom. The number of nitrogens with two attached hydrogens (primary N) is 1. The molecule has 1 atom stereocenters. The normalized spacial score (nSPS) is 16.1. The van der Waals surface area contributed by atoms with Crippen LogP contribution in [0.1, 0.15) is 13.8 Å². The summed E-state index contributed by atoms with van der Waals surface area (Å²) in [6.45, 7) is 1.78. The molecule has 0 rings (SSSR count). The largest absolute Gasteiger partial charge is 0.401 e. The third kappa shape index (κ3) is 5.58. The lowest BCUT2D eigenvalue weighted by Gasteiger charge is -2.27. The number of alkyl halides is 3. The highest BCUT2D eigenvalue weighted by Crippen LogP contribution is 2.15. The van der Waals surface area contributed by atoms with Gasteiger partial charge in [-0.1, -0.05) is 0 Å². The molecule has 90 valence electrons. The summed E-state index contributed by atoms with van der Waals surface area (Å²) in [6.07, 6.45) is -4.39. The van der Waals surface area contributed by atoms with Crippen LogP contribution in [-0.2, 0) is 9.53 Å². The van der Waals surface area contributed by atoms with Gasteiger partial charge in [0.1, 0.15) is 5.54 Å². The van der Waals surface area contributed by atoms with E-state index in [2.05, 4.69) is 0 Å². The van der Waals surface area contributed by atoms with Crippen molar-refractivity contribution in [2.24, 2.45) is 5.73 Å². The van der Waals surface area contributed by atoms with Gasteiger partial charge in [-0.2, -0.15) is 13.2 Å². The number of hydrogen-bond acceptors (Lipinski definition) is 3. The standard InChI is InChI=1S/C8H15F3N2O2/c1-3-15-5-7(2,6(12)14)13-4-8(9,10)11/h13H,3-5H2,1-2H3,(H2,12,14). The van der Waals surface area contributed by atoms with E-state index in [1.165, 1.54) is 6.92 Å². The zero-order valence-corrected chi connectivity index (χ0v) is 8.65. The summed E-state index contributed by atoms with van der Waals surface area (Å²) < 4.78 is 40.6.